The van der Waals surface area contributed by atoms with Crippen LogP contribution in [0.3, 0.4) is 0 Å². The number of nitrogens with two attached hydrogens (primary N) is 1. The molecule has 0 amide bonds. The third-order valence-corrected chi connectivity index (χ3v) is 3.92. The van der Waals surface area contributed by atoms with Gasteiger partial charge in [-0.1, -0.05) is 6.92 Å². The number of anilines is 1. The molecule has 11 nitrogen and oxygen atoms in total. The number of ether oxygens (including phenoxy) is 1. The van der Waals surface area contributed by atoms with E-state index in [2.05, 4.69) is 9.51 Å². The molecule has 4 N–H and O–H groups in total. The maximum absolute atomic E-state index is 11.9. The first-order valence-electron chi connectivity index (χ1n) is 6.69. The van der Waals surface area contributed by atoms with Crippen molar-refractivity contribution in [3.63, 3.8) is 0 Å². The molecule has 4 unspecified atom stereocenters. The molecule has 4 atom stereocenters. The molecular weight excluding hydrogens is 333 g/mol. The van der Waals surface area contributed by atoms with Gasteiger partial charge in [-0.2, -0.15) is 4.98 Å². The Kier molecular flexibility index (Phi) is 5.21. The second-order valence-corrected chi connectivity index (χ2v) is 6.14. The normalized spacial score (nSPS) is 28.2. The average molecular weight is 349 g/mol. The first-order chi connectivity index (χ1) is 10.6. The van der Waals surface area contributed by atoms with E-state index in [-0.39, 0.29) is 5.82 Å². The first-order valence-corrected chi connectivity index (χ1v) is 8.15. The van der Waals surface area contributed by atoms with E-state index in [1.807, 2.05) is 0 Å². The Bertz CT molecular complexity index is 674. The van der Waals surface area contributed by atoms with Crippen molar-refractivity contribution in [1.82, 2.24) is 9.55 Å². The van der Waals surface area contributed by atoms with Gasteiger partial charge in [-0.25, -0.2) is 4.79 Å². The Morgan fingerprint density at radius 2 is 2.13 bits per heavy atom. The van der Waals surface area contributed by atoms with E-state index >= 15 is 0 Å². The molecule has 12 heteroatoms. The zero-order chi connectivity index (χ0) is 17.4. The van der Waals surface area contributed by atoms with Crippen LogP contribution in [-0.2, 0) is 20.2 Å². The van der Waals surface area contributed by atoms with Crippen LogP contribution in [0.1, 0.15) is 18.7 Å². The largest absolute Gasteiger partial charge is 0.790 e. The highest BCUT2D eigenvalue weighted by atomic mass is 31.2. The highest BCUT2D eigenvalue weighted by molar-refractivity contribution is 7.43. The molecule has 0 spiro atoms. The molecule has 23 heavy (non-hydrogen) atoms. The number of aromatic nitrogens is 2. The lowest BCUT2D eigenvalue weighted by atomic mass is 10.1. The molecule has 0 aliphatic carbocycles. The van der Waals surface area contributed by atoms with Crippen molar-refractivity contribution >= 4 is 13.6 Å². The van der Waals surface area contributed by atoms with Crippen LogP contribution in [0, 0.1) is 0 Å². The standard InChI is InChI=1S/C11H18N3O8P/c1-2-5-3-14(11(17)13-9(5)12)10-8(16)7(15)6(22-10)4-21-23(18,19)20/h3,6-8,10,15-16H,2,4H2,1H3,(H2,12,13,17)(H2,18,19,20)/p-2. The first kappa shape index (κ1) is 18.0. The van der Waals surface area contributed by atoms with Crippen LogP contribution in [0.2, 0.25) is 0 Å². The van der Waals surface area contributed by atoms with Gasteiger partial charge in [0.25, 0.3) is 0 Å². The molecule has 0 saturated carbocycles. The van der Waals surface area contributed by atoms with Crippen LogP contribution < -0.4 is 21.2 Å². The molecule has 1 aromatic rings. The van der Waals surface area contributed by atoms with Crippen LogP contribution >= 0.6 is 7.82 Å². The summed E-state index contributed by atoms with van der Waals surface area (Å²) in [4.78, 5) is 36.4. The lowest BCUT2D eigenvalue weighted by Crippen LogP contribution is -2.36. The van der Waals surface area contributed by atoms with Gasteiger partial charge >= 0.3 is 5.69 Å². The molecule has 0 bridgehead atoms. The summed E-state index contributed by atoms with van der Waals surface area (Å²) < 4.78 is 20.7. The van der Waals surface area contributed by atoms with Gasteiger partial charge in [-0.3, -0.25) is 4.57 Å². The molecule has 1 aromatic heterocycles. The van der Waals surface area contributed by atoms with E-state index in [9.17, 15) is 29.4 Å². The van der Waals surface area contributed by atoms with Crippen LogP contribution in [0.25, 0.3) is 0 Å². The van der Waals surface area contributed by atoms with Gasteiger partial charge in [0, 0.05) is 11.8 Å². The summed E-state index contributed by atoms with van der Waals surface area (Å²) in [6, 6.07) is 0. The topological polar surface area (TPSA) is 183 Å². The molecule has 1 aliphatic rings. The Balaban J connectivity index is 2.24. The zero-order valence-electron chi connectivity index (χ0n) is 12.1. The molecule has 1 fully saturated rings. The highest BCUT2D eigenvalue weighted by Crippen LogP contribution is 2.32. The maximum Gasteiger partial charge on any atom is 0.351 e. The number of hydrogen-bond donors (Lipinski definition) is 3. The van der Waals surface area contributed by atoms with Crippen molar-refractivity contribution < 1.29 is 33.8 Å². The van der Waals surface area contributed by atoms with Crippen molar-refractivity contribution in [3.05, 3.63) is 22.2 Å². The molecule has 2 heterocycles. The van der Waals surface area contributed by atoms with E-state index in [0.29, 0.717) is 12.0 Å². The van der Waals surface area contributed by atoms with Gasteiger partial charge in [-0.15, -0.1) is 0 Å². The fraction of sp³-hybridized carbons (Fsp3) is 0.636. The quantitative estimate of drug-likeness (QED) is 0.459. The third kappa shape index (κ3) is 3.96. The lowest BCUT2D eigenvalue weighted by Gasteiger charge is -2.30. The van der Waals surface area contributed by atoms with Gasteiger partial charge in [0.1, 0.15) is 24.1 Å². The minimum Gasteiger partial charge on any atom is -0.790 e. The highest BCUT2D eigenvalue weighted by Gasteiger charge is 2.44. The molecule has 2 rings (SSSR count). The maximum atomic E-state index is 11.9. The summed E-state index contributed by atoms with van der Waals surface area (Å²) in [5.74, 6) is 0.0420. The fourth-order valence-electron chi connectivity index (χ4n) is 2.24. The predicted octanol–water partition coefficient (Wildman–Crippen LogP) is -3.15. The fourth-order valence-corrected chi connectivity index (χ4v) is 2.57. The number of aliphatic hydroxyl groups excluding tert-OH is 2. The van der Waals surface area contributed by atoms with E-state index < -0.39 is 44.7 Å². The Labute approximate surface area is 130 Å². The Hall–Kier alpha value is -1.33. The number of phosphoric acid groups is 1. The molecule has 1 aliphatic heterocycles. The van der Waals surface area contributed by atoms with Crippen LogP contribution in [0.15, 0.2) is 11.0 Å². The van der Waals surface area contributed by atoms with E-state index in [1.165, 1.54) is 6.20 Å². The Morgan fingerprint density at radius 1 is 1.48 bits per heavy atom. The second kappa shape index (κ2) is 6.65. The average Bonchev–Trinajstić information content (AvgIpc) is 2.73. The van der Waals surface area contributed by atoms with Crippen molar-refractivity contribution in [2.24, 2.45) is 0 Å². The number of aliphatic hydroxyl groups is 2. The van der Waals surface area contributed by atoms with Crippen LogP contribution in [0.5, 0.6) is 0 Å². The summed E-state index contributed by atoms with van der Waals surface area (Å²) in [5.41, 5.74) is 5.30. The lowest BCUT2D eigenvalue weighted by molar-refractivity contribution is -0.343. The van der Waals surface area contributed by atoms with Gasteiger partial charge in [0.2, 0.25) is 0 Å². The molecular formula is C11H16N3O8P-2. The Morgan fingerprint density at radius 3 is 2.70 bits per heavy atom. The van der Waals surface area contributed by atoms with Crippen molar-refractivity contribution in [2.45, 2.75) is 37.9 Å². The van der Waals surface area contributed by atoms with Gasteiger partial charge in [0.05, 0.1) is 14.4 Å². The smallest absolute Gasteiger partial charge is 0.351 e. The molecule has 0 aromatic carbocycles. The summed E-state index contributed by atoms with van der Waals surface area (Å²) in [6.07, 6.45) is -3.93. The number of phosphoric ester groups is 1. The summed E-state index contributed by atoms with van der Waals surface area (Å²) in [5, 5.41) is 19.8. The molecule has 0 radical (unpaired) electrons. The molecule has 130 valence electrons. The molecule has 1 saturated heterocycles. The predicted molar refractivity (Wildman–Crippen MR) is 71.8 cm³/mol. The summed E-state index contributed by atoms with van der Waals surface area (Å²) in [6.45, 7) is 0.996. The number of hydrogen-bond acceptors (Lipinski definition) is 10. The minimum atomic E-state index is -5.26. The van der Waals surface area contributed by atoms with Crippen LogP contribution in [-0.4, -0.2) is 44.7 Å². The number of aryl methyl sites for hydroxylation is 1. The van der Waals surface area contributed by atoms with Gasteiger partial charge < -0.3 is 39.6 Å². The van der Waals surface area contributed by atoms with Crippen molar-refractivity contribution in [3.8, 4) is 0 Å². The second-order valence-electron chi connectivity index (χ2n) is 4.98. The number of nitrogens with zero attached hydrogens (tertiary/aromatic N) is 2. The summed E-state index contributed by atoms with van der Waals surface area (Å²) in [7, 11) is -5.26. The zero-order valence-corrected chi connectivity index (χ0v) is 13.0. The monoisotopic (exact) mass is 349 g/mol. The van der Waals surface area contributed by atoms with E-state index in [4.69, 9.17) is 10.5 Å². The summed E-state index contributed by atoms with van der Waals surface area (Å²) >= 11 is 0. The van der Waals surface area contributed by atoms with Gasteiger partial charge in [-0.05, 0) is 6.42 Å². The van der Waals surface area contributed by atoms with Crippen molar-refractivity contribution in [2.75, 3.05) is 12.3 Å². The van der Waals surface area contributed by atoms with Crippen LogP contribution in [0.4, 0.5) is 5.82 Å². The van der Waals surface area contributed by atoms with Gasteiger partial charge in [0.15, 0.2) is 6.23 Å². The SMILES string of the molecule is CCc1cn(C2OC(COP(=O)([O-])[O-])C(O)C2O)c(=O)nc1N. The number of nitrogen functional groups attached to an aromatic ring is 1. The third-order valence-electron chi connectivity index (χ3n) is 3.45. The number of rotatable bonds is 5. The van der Waals surface area contributed by atoms with E-state index in [0.717, 1.165) is 4.57 Å². The van der Waals surface area contributed by atoms with E-state index in [1.54, 1.807) is 6.92 Å². The van der Waals surface area contributed by atoms with Crippen molar-refractivity contribution in [1.29, 1.82) is 0 Å². The minimum absolute atomic E-state index is 0.0420.